The molecule has 0 spiro atoms. The van der Waals surface area contributed by atoms with Crippen molar-refractivity contribution >= 4 is 11.8 Å². The Morgan fingerprint density at radius 1 is 1.30 bits per heavy atom. The summed E-state index contributed by atoms with van der Waals surface area (Å²) in [6.45, 7) is 3.67. The topological polar surface area (TPSA) is 63.4 Å². The number of hydrogen-bond acceptors (Lipinski definition) is 4. The fourth-order valence-corrected chi connectivity index (χ4v) is 2.76. The first-order valence-electron chi connectivity index (χ1n) is 8.07. The molecular formula is C18H22N2O3. The lowest BCUT2D eigenvalue weighted by molar-refractivity contribution is 0.0527. The maximum Gasteiger partial charge on any atom is 0.341 e. The van der Waals surface area contributed by atoms with Gasteiger partial charge in [-0.3, -0.25) is 0 Å². The van der Waals surface area contributed by atoms with Crippen LogP contribution in [0.3, 0.4) is 0 Å². The molecule has 122 valence electrons. The van der Waals surface area contributed by atoms with Crippen molar-refractivity contribution in [3.05, 3.63) is 42.0 Å². The maximum absolute atomic E-state index is 12.2. The minimum atomic E-state index is -0.305. The first kappa shape index (κ1) is 15.6. The number of aromatic amines is 1. The van der Waals surface area contributed by atoms with Crippen LogP contribution in [0.5, 0.6) is 0 Å². The molecule has 0 amide bonds. The summed E-state index contributed by atoms with van der Waals surface area (Å²) in [6.07, 6.45) is 1.86. The number of hydrogen-bond donors (Lipinski definition) is 2. The molecule has 1 aliphatic rings. The average Bonchev–Trinajstić information content (AvgIpc) is 3.01. The minimum Gasteiger partial charge on any atom is -0.462 e. The van der Waals surface area contributed by atoms with Gasteiger partial charge in [-0.25, -0.2) is 4.79 Å². The van der Waals surface area contributed by atoms with E-state index in [-0.39, 0.29) is 5.97 Å². The monoisotopic (exact) mass is 314 g/mol. The van der Waals surface area contributed by atoms with Crippen LogP contribution in [0, 0.1) is 0 Å². The number of carbonyl (C=O) groups excluding carboxylic acids is 1. The van der Waals surface area contributed by atoms with Gasteiger partial charge in [-0.2, -0.15) is 0 Å². The summed E-state index contributed by atoms with van der Waals surface area (Å²) in [4.78, 5) is 15.6. The third-order valence-corrected chi connectivity index (χ3v) is 3.97. The molecule has 0 bridgehead atoms. The quantitative estimate of drug-likeness (QED) is 0.830. The summed E-state index contributed by atoms with van der Waals surface area (Å²) in [5.74, 6) is 0.426. The summed E-state index contributed by atoms with van der Waals surface area (Å²) >= 11 is 0. The van der Waals surface area contributed by atoms with Crippen molar-refractivity contribution in [2.24, 2.45) is 0 Å². The van der Waals surface area contributed by atoms with E-state index >= 15 is 0 Å². The lowest BCUT2D eigenvalue weighted by Gasteiger charge is -2.23. The van der Waals surface area contributed by atoms with Crippen molar-refractivity contribution in [3.63, 3.8) is 0 Å². The molecule has 5 nitrogen and oxygen atoms in total. The van der Waals surface area contributed by atoms with E-state index in [2.05, 4.69) is 10.3 Å². The summed E-state index contributed by atoms with van der Waals surface area (Å²) in [7, 11) is 0. The van der Waals surface area contributed by atoms with E-state index < -0.39 is 0 Å². The molecule has 1 fully saturated rings. The summed E-state index contributed by atoms with van der Waals surface area (Å²) in [5.41, 5.74) is 2.50. The Bertz CT molecular complexity index is 646. The zero-order valence-corrected chi connectivity index (χ0v) is 13.3. The molecule has 1 aromatic carbocycles. The van der Waals surface area contributed by atoms with E-state index in [1.807, 2.05) is 43.3 Å². The number of carbonyl (C=O) groups is 1. The SMILES string of the molecule is CCOC(=O)c1cc(-c2ccccc2)[nH]c1NC1CCOCC1. The molecule has 23 heavy (non-hydrogen) atoms. The number of H-pyrrole nitrogens is 1. The van der Waals surface area contributed by atoms with Crippen LogP contribution in [-0.4, -0.2) is 36.8 Å². The smallest absolute Gasteiger partial charge is 0.341 e. The van der Waals surface area contributed by atoms with Crippen molar-refractivity contribution in [3.8, 4) is 11.3 Å². The van der Waals surface area contributed by atoms with E-state index in [1.54, 1.807) is 0 Å². The molecular weight excluding hydrogens is 292 g/mol. The molecule has 0 saturated carbocycles. The largest absolute Gasteiger partial charge is 0.462 e. The highest BCUT2D eigenvalue weighted by Crippen LogP contribution is 2.27. The van der Waals surface area contributed by atoms with Crippen LogP contribution >= 0.6 is 0 Å². The van der Waals surface area contributed by atoms with Gasteiger partial charge in [0.1, 0.15) is 11.4 Å². The highest BCUT2D eigenvalue weighted by atomic mass is 16.5. The van der Waals surface area contributed by atoms with Crippen LogP contribution < -0.4 is 5.32 Å². The molecule has 5 heteroatoms. The van der Waals surface area contributed by atoms with Crippen molar-refractivity contribution < 1.29 is 14.3 Å². The van der Waals surface area contributed by atoms with Gasteiger partial charge < -0.3 is 19.8 Å². The molecule has 0 atom stereocenters. The Balaban J connectivity index is 1.88. The van der Waals surface area contributed by atoms with Crippen molar-refractivity contribution in [1.29, 1.82) is 0 Å². The normalized spacial score (nSPS) is 15.3. The van der Waals surface area contributed by atoms with Crippen LogP contribution in [0.15, 0.2) is 36.4 Å². The molecule has 1 aliphatic heterocycles. The number of benzene rings is 1. The number of anilines is 1. The van der Waals surface area contributed by atoms with Crippen molar-refractivity contribution in [2.45, 2.75) is 25.8 Å². The van der Waals surface area contributed by atoms with E-state index in [0.717, 1.165) is 43.1 Å². The van der Waals surface area contributed by atoms with Crippen LogP contribution in [0.4, 0.5) is 5.82 Å². The first-order chi connectivity index (χ1) is 11.3. The van der Waals surface area contributed by atoms with E-state index in [1.165, 1.54) is 0 Å². The molecule has 1 aromatic heterocycles. The predicted molar refractivity (Wildman–Crippen MR) is 89.6 cm³/mol. The summed E-state index contributed by atoms with van der Waals surface area (Å²) in [5, 5.41) is 3.44. The molecule has 0 radical (unpaired) electrons. The molecule has 0 aliphatic carbocycles. The molecule has 3 rings (SSSR count). The Hall–Kier alpha value is -2.27. The highest BCUT2D eigenvalue weighted by Gasteiger charge is 2.21. The van der Waals surface area contributed by atoms with Crippen LogP contribution in [0.2, 0.25) is 0 Å². The third-order valence-electron chi connectivity index (χ3n) is 3.97. The second-order valence-corrected chi connectivity index (χ2v) is 5.59. The van der Waals surface area contributed by atoms with E-state index in [0.29, 0.717) is 18.2 Å². The summed E-state index contributed by atoms with van der Waals surface area (Å²) in [6, 6.07) is 12.1. The summed E-state index contributed by atoms with van der Waals surface area (Å²) < 4.78 is 10.6. The van der Waals surface area contributed by atoms with Gasteiger partial charge in [0.05, 0.1) is 6.61 Å². The van der Waals surface area contributed by atoms with Gasteiger partial charge >= 0.3 is 5.97 Å². The lowest BCUT2D eigenvalue weighted by atomic mass is 10.1. The van der Waals surface area contributed by atoms with Crippen LogP contribution in [0.25, 0.3) is 11.3 Å². The number of rotatable bonds is 5. The predicted octanol–water partition coefficient (Wildman–Crippen LogP) is 3.45. The number of nitrogens with one attached hydrogen (secondary N) is 2. The lowest BCUT2D eigenvalue weighted by Crippen LogP contribution is -2.28. The Morgan fingerprint density at radius 2 is 2.04 bits per heavy atom. The standard InChI is InChI=1S/C18H22N2O3/c1-2-23-18(21)15-12-16(13-6-4-3-5-7-13)20-17(15)19-14-8-10-22-11-9-14/h3-7,12,14,19-20H,2,8-11H2,1H3. The van der Waals surface area contributed by atoms with Crippen LogP contribution in [0.1, 0.15) is 30.1 Å². The average molecular weight is 314 g/mol. The Morgan fingerprint density at radius 3 is 2.74 bits per heavy atom. The van der Waals surface area contributed by atoms with Gasteiger partial charge in [0, 0.05) is 24.9 Å². The Kier molecular flexibility index (Phi) is 4.98. The van der Waals surface area contributed by atoms with Gasteiger partial charge in [0.25, 0.3) is 0 Å². The number of esters is 1. The molecule has 2 N–H and O–H groups in total. The minimum absolute atomic E-state index is 0.305. The van der Waals surface area contributed by atoms with Gasteiger partial charge in [-0.15, -0.1) is 0 Å². The van der Waals surface area contributed by atoms with E-state index in [4.69, 9.17) is 9.47 Å². The zero-order valence-electron chi connectivity index (χ0n) is 13.3. The first-order valence-corrected chi connectivity index (χ1v) is 8.07. The molecule has 0 unspecified atom stereocenters. The Labute approximate surface area is 136 Å². The zero-order chi connectivity index (χ0) is 16.1. The van der Waals surface area contributed by atoms with Gasteiger partial charge in [0.2, 0.25) is 0 Å². The molecule has 1 saturated heterocycles. The third kappa shape index (κ3) is 3.74. The van der Waals surface area contributed by atoms with Gasteiger partial charge in [0.15, 0.2) is 0 Å². The van der Waals surface area contributed by atoms with Crippen molar-refractivity contribution in [1.82, 2.24) is 4.98 Å². The maximum atomic E-state index is 12.2. The second kappa shape index (κ2) is 7.33. The fraction of sp³-hybridized carbons (Fsp3) is 0.389. The molecule has 2 aromatic rings. The van der Waals surface area contributed by atoms with Gasteiger partial charge in [-0.1, -0.05) is 30.3 Å². The van der Waals surface area contributed by atoms with Crippen LogP contribution in [-0.2, 0) is 9.47 Å². The molecule has 2 heterocycles. The number of aromatic nitrogens is 1. The van der Waals surface area contributed by atoms with Crippen molar-refractivity contribution in [2.75, 3.05) is 25.1 Å². The highest BCUT2D eigenvalue weighted by molar-refractivity contribution is 5.97. The van der Waals surface area contributed by atoms with E-state index in [9.17, 15) is 4.79 Å². The van der Waals surface area contributed by atoms with Gasteiger partial charge in [-0.05, 0) is 31.4 Å². The number of ether oxygens (including phenoxy) is 2. The second-order valence-electron chi connectivity index (χ2n) is 5.59. The fourth-order valence-electron chi connectivity index (χ4n) is 2.76.